The predicted molar refractivity (Wildman–Crippen MR) is 131 cm³/mol. The van der Waals surface area contributed by atoms with E-state index in [-0.39, 0.29) is 24.0 Å². The molecule has 4 aromatic rings. The Balaban J connectivity index is 1.68. The third kappa shape index (κ3) is 4.03. The molecule has 1 unspecified atom stereocenters. The number of carbonyl (C=O) groups excluding carboxylic acids is 1. The van der Waals surface area contributed by atoms with E-state index < -0.39 is 6.04 Å². The third-order valence-electron chi connectivity index (χ3n) is 6.31. The lowest BCUT2D eigenvalue weighted by Gasteiger charge is -2.27. The minimum atomic E-state index is -0.475. The van der Waals surface area contributed by atoms with Crippen molar-refractivity contribution in [2.24, 2.45) is 0 Å². The zero-order chi connectivity index (χ0) is 24.7. The Morgan fingerprint density at radius 1 is 1.11 bits per heavy atom. The van der Waals surface area contributed by atoms with E-state index in [1.165, 1.54) is 12.1 Å². The van der Waals surface area contributed by atoms with E-state index in [2.05, 4.69) is 10.2 Å². The molecule has 3 aromatic carbocycles. The van der Waals surface area contributed by atoms with E-state index in [9.17, 15) is 14.3 Å². The van der Waals surface area contributed by atoms with Crippen molar-refractivity contribution in [3.63, 3.8) is 0 Å². The second-order valence-corrected chi connectivity index (χ2v) is 8.81. The molecular weight excluding hydrogens is 445 g/mol. The van der Waals surface area contributed by atoms with Gasteiger partial charge >= 0.3 is 0 Å². The van der Waals surface area contributed by atoms with Gasteiger partial charge in [-0.25, -0.2) is 4.39 Å². The summed E-state index contributed by atoms with van der Waals surface area (Å²) in [4.78, 5) is 15.4. The normalized spacial score (nSPS) is 14.9. The fourth-order valence-corrected chi connectivity index (χ4v) is 4.78. The highest BCUT2D eigenvalue weighted by molar-refractivity contribution is 6.00. The number of aromatic nitrogens is 2. The van der Waals surface area contributed by atoms with E-state index in [0.29, 0.717) is 34.9 Å². The summed E-state index contributed by atoms with van der Waals surface area (Å²) in [5.74, 6) is 0.297. The number of benzene rings is 3. The number of hydrogen-bond acceptors (Lipinski definition) is 4. The van der Waals surface area contributed by atoms with E-state index in [4.69, 9.17) is 4.74 Å². The molecule has 0 saturated carbocycles. The van der Waals surface area contributed by atoms with Crippen molar-refractivity contribution in [2.45, 2.75) is 33.4 Å². The number of phenols is 1. The number of amides is 1. The van der Waals surface area contributed by atoms with E-state index in [1.54, 1.807) is 17.0 Å². The first-order valence-electron chi connectivity index (χ1n) is 11.5. The van der Waals surface area contributed by atoms with Gasteiger partial charge < -0.3 is 14.7 Å². The van der Waals surface area contributed by atoms with Crippen LogP contribution in [0.15, 0.2) is 60.7 Å². The Kier molecular flexibility index (Phi) is 5.76. The lowest BCUT2D eigenvalue weighted by Crippen LogP contribution is -2.29. The summed E-state index contributed by atoms with van der Waals surface area (Å²) in [6.45, 7) is 6.52. The Bertz CT molecular complexity index is 1410. The first-order valence-corrected chi connectivity index (χ1v) is 11.5. The second kappa shape index (κ2) is 8.91. The third-order valence-corrected chi connectivity index (χ3v) is 6.31. The molecule has 1 aliphatic rings. The number of hydrogen-bond donors (Lipinski definition) is 2. The van der Waals surface area contributed by atoms with Crippen molar-refractivity contribution in [1.82, 2.24) is 15.1 Å². The van der Waals surface area contributed by atoms with E-state index in [1.807, 2.05) is 57.2 Å². The van der Waals surface area contributed by atoms with E-state index in [0.717, 1.165) is 22.3 Å². The SMILES string of the molecule is CCOc1cccc(C2c3c(-c4cc(C)cc(C)c4O)n[nH]c3C(=O)N2Cc2ccc(F)cc2)c1. The number of rotatable bonds is 6. The number of nitrogens with one attached hydrogen (secondary N) is 1. The average Bonchev–Trinajstić information content (AvgIpc) is 3.37. The molecule has 1 atom stereocenters. The second-order valence-electron chi connectivity index (χ2n) is 8.81. The van der Waals surface area contributed by atoms with Gasteiger partial charge in [0.05, 0.1) is 12.6 Å². The number of H-pyrrole nitrogens is 1. The number of ether oxygens (including phenoxy) is 1. The van der Waals surface area contributed by atoms with E-state index >= 15 is 0 Å². The van der Waals surface area contributed by atoms with Crippen LogP contribution in [0.4, 0.5) is 4.39 Å². The van der Waals surface area contributed by atoms with Crippen LogP contribution in [0.25, 0.3) is 11.3 Å². The number of carbonyl (C=O) groups is 1. The van der Waals surface area contributed by atoms with Crippen LogP contribution >= 0.6 is 0 Å². The Morgan fingerprint density at radius 3 is 2.63 bits per heavy atom. The molecule has 1 amide bonds. The lowest BCUT2D eigenvalue weighted by atomic mass is 9.94. The molecule has 35 heavy (non-hydrogen) atoms. The number of aromatic hydroxyl groups is 1. The Labute approximate surface area is 203 Å². The zero-order valence-corrected chi connectivity index (χ0v) is 19.8. The molecule has 178 valence electrons. The van der Waals surface area contributed by atoms with Crippen molar-refractivity contribution < 1.29 is 19.0 Å². The van der Waals surface area contributed by atoms with Crippen LogP contribution in [0.5, 0.6) is 11.5 Å². The van der Waals surface area contributed by atoms with Crippen LogP contribution < -0.4 is 4.74 Å². The lowest BCUT2D eigenvalue weighted by molar-refractivity contribution is 0.0730. The summed E-state index contributed by atoms with van der Waals surface area (Å²) in [6, 6.07) is 17.1. The zero-order valence-electron chi connectivity index (χ0n) is 19.8. The number of halogens is 1. The molecule has 2 N–H and O–H groups in total. The van der Waals surface area contributed by atoms with Gasteiger partial charge in [0.25, 0.3) is 5.91 Å². The van der Waals surface area contributed by atoms with Gasteiger partial charge in [0.1, 0.15) is 28.7 Å². The highest BCUT2D eigenvalue weighted by atomic mass is 19.1. The smallest absolute Gasteiger partial charge is 0.273 e. The van der Waals surface area contributed by atoms with Gasteiger partial charge in [0.2, 0.25) is 0 Å². The molecule has 6 nitrogen and oxygen atoms in total. The van der Waals surface area contributed by atoms with Crippen molar-refractivity contribution >= 4 is 5.91 Å². The Morgan fingerprint density at radius 2 is 1.89 bits per heavy atom. The fourth-order valence-electron chi connectivity index (χ4n) is 4.78. The molecular formula is C28H26FN3O3. The fraction of sp³-hybridized carbons (Fsp3) is 0.214. The van der Waals surface area contributed by atoms with Crippen molar-refractivity contribution in [3.05, 3.63) is 100.0 Å². The van der Waals surface area contributed by atoms with Crippen molar-refractivity contribution in [3.8, 4) is 22.8 Å². The van der Waals surface area contributed by atoms with Gasteiger partial charge in [0, 0.05) is 17.7 Å². The molecule has 0 fully saturated rings. The largest absolute Gasteiger partial charge is 0.507 e. The molecule has 1 aromatic heterocycles. The highest BCUT2D eigenvalue weighted by Crippen LogP contribution is 2.46. The quantitative estimate of drug-likeness (QED) is 0.379. The standard InChI is InChI=1S/C28H26FN3O3/c1-4-35-21-7-5-6-19(14-21)26-23-24(22-13-16(2)12-17(3)27(22)33)30-31-25(23)28(34)32(26)15-18-8-10-20(29)11-9-18/h5-14,26,33H,4,15H2,1-3H3,(H,30,31). The monoisotopic (exact) mass is 471 g/mol. The van der Waals surface area contributed by atoms with Gasteiger partial charge in [-0.1, -0.05) is 30.3 Å². The maximum Gasteiger partial charge on any atom is 0.273 e. The topological polar surface area (TPSA) is 78.5 Å². The summed E-state index contributed by atoms with van der Waals surface area (Å²) in [7, 11) is 0. The van der Waals surface area contributed by atoms with Crippen LogP contribution in [0.1, 0.15) is 51.3 Å². The molecule has 0 aliphatic carbocycles. The number of fused-ring (bicyclic) bond motifs is 1. The van der Waals surface area contributed by atoms with Crippen molar-refractivity contribution in [1.29, 1.82) is 0 Å². The maximum atomic E-state index is 13.6. The van der Waals surface area contributed by atoms with Crippen molar-refractivity contribution in [2.75, 3.05) is 6.61 Å². The molecule has 2 heterocycles. The molecule has 7 heteroatoms. The minimum Gasteiger partial charge on any atom is -0.507 e. The summed E-state index contributed by atoms with van der Waals surface area (Å²) in [5.41, 5.74) is 5.57. The Hall–Kier alpha value is -4.13. The summed E-state index contributed by atoms with van der Waals surface area (Å²) in [6.07, 6.45) is 0. The van der Waals surface area contributed by atoms with Gasteiger partial charge in [-0.05, 0) is 73.4 Å². The molecule has 1 aliphatic heterocycles. The molecule has 0 bridgehead atoms. The number of aromatic amines is 1. The first kappa shape index (κ1) is 22.7. The molecule has 0 radical (unpaired) electrons. The highest BCUT2D eigenvalue weighted by Gasteiger charge is 2.42. The molecule has 5 rings (SSSR count). The van der Waals surface area contributed by atoms with Crippen LogP contribution in [0, 0.1) is 19.7 Å². The first-order chi connectivity index (χ1) is 16.9. The maximum absolute atomic E-state index is 13.6. The van der Waals surface area contributed by atoms with Crippen LogP contribution in [0.2, 0.25) is 0 Å². The van der Waals surface area contributed by atoms with Crippen LogP contribution in [-0.2, 0) is 6.54 Å². The summed E-state index contributed by atoms with van der Waals surface area (Å²) < 4.78 is 19.2. The summed E-state index contributed by atoms with van der Waals surface area (Å²) >= 11 is 0. The average molecular weight is 472 g/mol. The summed E-state index contributed by atoms with van der Waals surface area (Å²) in [5, 5.41) is 18.3. The number of nitrogens with zero attached hydrogens (tertiary/aromatic N) is 2. The van der Waals surface area contributed by atoms with Gasteiger partial charge in [0.15, 0.2) is 0 Å². The van der Waals surface area contributed by atoms with Gasteiger partial charge in [-0.2, -0.15) is 5.10 Å². The predicted octanol–water partition coefficient (Wildman–Crippen LogP) is 5.68. The number of phenolic OH excluding ortho intramolecular Hbond substituents is 1. The van der Waals surface area contributed by atoms with Crippen LogP contribution in [0.3, 0.4) is 0 Å². The van der Waals surface area contributed by atoms with Crippen LogP contribution in [-0.4, -0.2) is 32.7 Å². The minimum absolute atomic E-state index is 0.135. The number of aryl methyl sites for hydroxylation is 2. The van der Waals surface area contributed by atoms with Gasteiger partial charge in [-0.15, -0.1) is 0 Å². The van der Waals surface area contributed by atoms with Gasteiger partial charge in [-0.3, -0.25) is 9.89 Å². The molecule has 0 spiro atoms. The molecule has 0 saturated heterocycles.